The van der Waals surface area contributed by atoms with E-state index in [4.69, 9.17) is 0 Å². The molecule has 0 atom stereocenters. The van der Waals surface area contributed by atoms with Crippen molar-refractivity contribution < 1.29 is 8.42 Å². The number of hydrogen-bond donors (Lipinski definition) is 0. The molecular formula is C25H42O2S. The summed E-state index contributed by atoms with van der Waals surface area (Å²) in [5.41, 5.74) is 0.887. The van der Waals surface area contributed by atoms with Crippen molar-refractivity contribution >= 4 is 9.84 Å². The zero-order valence-corrected chi connectivity index (χ0v) is 19.3. The van der Waals surface area contributed by atoms with Gasteiger partial charge in [-0.1, -0.05) is 96.4 Å². The Morgan fingerprint density at radius 3 is 2.14 bits per heavy atom. The first kappa shape index (κ1) is 24.9. The van der Waals surface area contributed by atoms with E-state index < -0.39 is 9.84 Å². The Labute approximate surface area is 174 Å². The van der Waals surface area contributed by atoms with Crippen LogP contribution < -0.4 is 0 Å². The average molecular weight is 407 g/mol. The van der Waals surface area contributed by atoms with Crippen molar-refractivity contribution in [3.63, 3.8) is 0 Å². The number of unbranched alkanes of at least 4 members (excludes halogenated alkanes) is 9. The molecule has 0 aliphatic heterocycles. The molecule has 1 aromatic rings. The first-order valence-corrected chi connectivity index (χ1v) is 12.9. The van der Waals surface area contributed by atoms with Gasteiger partial charge in [-0.05, 0) is 42.7 Å². The molecule has 0 radical (unpaired) electrons. The van der Waals surface area contributed by atoms with Gasteiger partial charge in [-0.2, -0.15) is 0 Å². The number of hydrogen-bond acceptors (Lipinski definition) is 2. The summed E-state index contributed by atoms with van der Waals surface area (Å²) in [6.07, 6.45) is 15.5. The lowest BCUT2D eigenvalue weighted by atomic mass is 9.80. The molecule has 0 N–H and O–H groups in total. The summed E-state index contributed by atoms with van der Waals surface area (Å²) in [6, 6.07) is 7.66. The Kier molecular flexibility index (Phi) is 11.8. The normalized spacial score (nSPS) is 12.2. The van der Waals surface area contributed by atoms with Crippen molar-refractivity contribution in [2.45, 2.75) is 108 Å². The smallest absolute Gasteiger partial charge is 0.178 e. The van der Waals surface area contributed by atoms with Crippen LogP contribution >= 0.6 is 0 Å². The molecule has 1 rings (SSSR count). The second-order valence-corrected chi connectivity index (χ2v) is 10.8. The maximum absolute atomic E-state index is 13.0. The van der Waals surface area contributed by atoms with Crippen LogP contribution in [0.4, 0.5) is 0 Å². The third-order valence-corrected chi connectivity index (χ3v) is 7.53. The van der Waals surface area contributed by atoms with Gasteiger partial charge in [0.2, 0.25) is 0 Å². The molecule has 3 heteroatoms. The highest BCUT2D eigenvalue weighted by Gasteiger charge is 2.28. The van der Waals surface area contributed by atoms with Crippen molar-refractivity contribution in [3.8, 4) is 0 Å². The van der Waals surface area contributed by atoms with Crippen LogP contribution in [0.1, 0.15) is 103 Å². The van der Waals surface area contributed by atoms with E-state index in [-0.39, 0.29) is 11.2 Å². The topological polar surface area (TPSA) is 34.1 Å². The van der Waals surface area contributed by atoms with Crippen LogP contribution in [-0.4, -0.2) is 14.2 Å². The van der Waals surface area contributed by atoms with E-state index in [9.17, 15) is 8.42 Å². The fourth-order valence-electron chi connectivity index (χ4n) is 3.82. The first-order valence-electron chi connectivity index (χ1n) is 11.3. The molecule has 0 bridgehead atoms. The molecule has 0 unspecified atom stereocenters. The zero-order valence-electron chi connectivity index (χ0n) is 18.5. The van der Waals surface area contributed by atoms with Gasteiger partial charge in [-0.15, -0.1) is 6.58 Å². The Morgan fingerprint density at radius 2 is 1.50 bits per heavy atom. The predicted octanol–water partition coefficient (Wildman–Crippen LogP) is 7.63. The Morgan fingerprint density at radius 1 is 0.893 bits per heavy atom. The van der Waals surface area contributed by atoms with Crippen LogP contribution in [0.15, 0.2) is 41.8 Å². The monoisotopic (exact) mass is 406 g/mol. The predicted molar refractivity (Wildman–Crippen MR) is 123 cm³/mol. The molecule has 0 saturated heterocycles. The van der Waals surface area contributed by atoms with E-state index in [1.807, 2.05) is 30.3 Å². The highest BCUT2D eigenvalue weighted by Crippen LogP contribution is 2.34. The molecule has 0 aliphatic rings. The molecular weight excluding hydrogens is 364 g/mol. The van der Waals surface area contributed by atoms with Crippen molar-refractivity contribution in [3.05, 3.63) is 42.5 Å². The highest BCUT2D eigenvalue weighted by atomic mass is 32.2. The van der Waals surface area contributed by atoms with Gasteiger partial charge < -0.3 is 0 Å². The summed E-state index contributed by atoms with van der Waals surface area (Å²) in [5.74, 6) is 0.269. The number of sulfone groups is 1. The van der Waals surface area contributed by atoms with Gasteiger partial charge in [0, 0.05) is 0 Å². The van der Waals surface area contributed by atoms with Crippen LogP contribution in [-0.2, 0) is 15.3 Å². The van der Waals surface area contributed by atoms with Crippen LogP contribution in [0.3, 0.4) is 0 Å². The van der Waals surface area contributed by atoms with E-state index in [0.717, 1.165) is 44.1 Å². The minimum absolute atomic E-state index is 0.107. The molecule has 0 spiro atoms. The molecule has 160 valence electrons. The fourth-order valence-corrected chi connectivity index (χ4v) is 5.59. The van der Waals surface area contributed by atoms with Gasteiger partial charge in [0.05, 0.1) is 10.6 Å². The molecule has 0 aromatic heterocycles. The highest BCUT2D eigenvalue weighted by molar-refractivity contribution is 7.91. The van der Waals surface area contributed by atoms with Crippen LogP contribution in [0, 0.1) is 0 Å². The van der Waals surface area contributed by atoms with E-state index in [1.54, 1.807) is 0 Å². The van der Waals surface area contributed by atoms with Crippen molar-refractivity contribution in [2.24, 2.45) is 0 Å². The summed E-state index contributed by atoms with van der Waals surface area (Å²) < 4.78 is 26.1. The molecule has 0 heterocycles. The van der Waals surface area contributed by atoms with Gasteiger partial charge in [0.15, 0.2) is 9.84 Å². The van der Waals surface area contributed by atoms with Crippen molar-refractivity contribution in [2.75, 3.05) is 5.75 Å². The third-order valence-electron chi connectivity index (χ3n) is 5.68. The van der Waals surface area contributed by atoms with Crippen molar-refractivity contribution in [1.29, 1.82) is 0 Å². The fraction of sp³-hybridized carbons (Fsp3) is 0.680. The zero-order chi connectivity index (χ0) is 20.9. The van der Waals surface area contributed by atoms with Gasteiger partial charge in [-0.3, -0.25) is 0 Å². The average Bonchev–Trinajstić information content (AvgIpc) is 2.67. The van der Waals surface area contributed by atoms with E-state index in [1.165, 1.54) is 38.5 Å². The lowest BCUT2D eigenvalue weighted by molar-refractivity contribution is 0.441. The first-order chi connectivity index (χ1) is 13.3. The van der Waals surface area contributed by atoms with E-state index in [0.29, 0.717) is 4.90 Å². The van der Waals surface area contributed by atoms with Crippen LogP contribution in [0.25, 0.3) is 0 Å². The molecule has 0 aliphatic carbocycles. The Hall–Kier alpha value is -1.09. The summed E-state index contributed by atoms with van der Waals surface area (Å²) in [5, 5.41) is 0. The maximum Gasteiger partial charge on any atom is 0.178 e. The largest absolute Gasteiger partial charge is 0.224 e. The number of rotatable bonds is 16. The van der Waals surface area contributed by atoms with Crippen LogP contribution in [0.2, 0.25) is 0 Å². The van der Waals surface area contributed by atoms with Crippen molar-refractivity contribution in [1.82, 2.24) is 0 Å². The standard InChI is InChI=1S/C25H42O2S/c1-5-7-9-10-11-12-13-14-18-22-28(26,27)24-20-16-15-19-23(24)25(3,4)21-17-8-6-2/h5,15-16,19-20H,1,6-14,17-18,21-22H2,2-4H3. The second-order valence-electron chi connectivity index (χ2n) is 8.71. The third kappa shape index (κ3) is 8.94. The lowest BCUT2D eigenvalue weighted by Gasteiger charge is -2.28. The minimum Gasteiger partial charge on any atom is -0.224 e. The SMILES string of the molecule is C=CCCCCCCCCCS(=O)(=O)c1ccccc1C(C)(C)CCCCC. The van der Waals surface area contributed by atoms with Gasteiger partial charge in [0.1, 0.15) is 0 Å². The second kappa shape index (κ2) is 13.2. The quantitative estimate of drug-likeness (QED) is 0.209. The molecule has 0 fully saturated rings. The van der Waals surface area contributed by atoms with Gasteiger partial charge in [-0.25, -0.2) is 8.42 Å². The summed E-state index contributed by atoms with van der Waals surface area (Å²) in [7, 11) is -3.22. The van der Waals surface area contributed by atoms with E-state index in [2.05, 4.69) is 27.4 Å². The molecule has 2 nitrogen and oxygen atoms in total. The Bertz CT molecular complexity index is 659. The summed E-state index contributed by atoms with van der Waals surface area (Å²) in [6.45, 7) is 10.3. The van der Waals surface area contributed by atoms with Gasteiger partial charge in [0.25, 0.3) is 0 Å². The maximum atomic E-state index is 13.0. The molecule has 1 aromatic carbocycles. The molecule has 0 saturated carbocycles. The van der Waals surface area contributed by atoms with E-state index >= 15 is 0 Å². The number of allylic oxidation sites excluding steroid dienone is 1. The lowest BCUT2D eigenvalue weighted by Crippen LogP contribution is -2.22. The molecule has 28 heavy (non-hydrogen) atoms. The number of benzene rings is 1. The van der Waals surface area contributed by atoms with Gasteiger partial charge >= 0.3 is 0 Å². The minimum atomic E-state index is -3.22. The Balaban J connectivity index is 2.58. The summed E-state index contributed by atoms with van der Waals surface area (Å²) >= 11 is 0. The van der Waals surface area contributed by atoms with Crippen LogP contribution in [0.5, 0.6) is 0 Å². The summed E-state index contributed by atoms with van der Waals surface area (Å²) in [4.78, 5) is 0.556. The molecule has 0 amide bonds.